The third-order valence-electron chi connectivity index (χ3n) is 3.70. The molecule has 0 radical (unpaired) electrons. The molecule has 1 aromatic carbocycles. The lowest BCUT2D eigenvalue weighted by atomic mass is 10.2. The van der Waals surface area contributed by atoms with Crippen LogP contribution in [0.3, 0.4) is 0 Å². The number of nitrogens with one attached hydrogen (secondary N) is 1. The number of hydrogen-bond acceptors (Lipinski definition) is 5. The molecular formula is C18H17N3O2S. The number of benzene rings is 1. The van der Waals surface area contributed by atoms with Crippen LogP contribution in [0.4, 0.5) is 11.4 Å². The maximum atomic E-state index is 12.2. The minimum atomic E-state index is -0.398. The Morgan fingerprint density at radius 2 is 2.00 bits per heavy atom. The number of morpholine rings is 1. The van der Waals surface area contributed by atoms with Crippen LogP contribution < -0.4 is 10.2 Å². The molecule has 2 aromatic rings. The smallest absolute Gasteiger partial charge is 0.266 e. The van der Waals surface area contributed by atoms with E-state index in [1.54, 1.807) is 6.08 Å². The van der Waals surface area contributed by atoms with Gasteiger partial charge in [-0.05, 0) is 41.8 Å². The lowest BCUT2D eigenvalue weighted by Crippen LogP contribution is -2.36. The largest absolute Gasteiger partial charge is 0.378 e. The Hall–Kier alpha value is -2.62. The number of nitriles is 1. The number of rotatable bonds is 4. The van der Waals surface area contributed by atoms with Crippen LogP contribution in [-0.2, 0) is 9.53 Å². The molecule has 1 aliphatic heterocycles. The molecule has 0 aliphatic carbocycles. The van der Waals surface area contributed by atoms with Gasteiger partial charge in [0, 0.05) is 29.3 Å². The fourth-order valence-corrected chi connectivity index (χ4v) is 3.10. The van der Waals surface area contributed by atoms with E-state index >= 15 is 0 Å². The maximum absolute atomic E-state index is 12.2. The summed E-state index contributed by atoms with van der Waals surface area (Å²) in [5, 5.41) is 13.9. The molecule has 1 aromatic heterocycles. The lowest BCUT2D eigenvalue weighted by Gasteiger charge is -2.28. The topological polar surface area (TPSA) is 65.4 Å². The van der Waals surface area contributed by atoms with Gasteiger partial charge in [0.05, 0.1) is 13.2 Å². The molecule has 122 valence electrons. The summed E-state index contributed by atoms with van der Waals surface area (Å²) in [5.41, 5.74) is 1.87. The number of amides is 1. The minimum absolute atomic E-state index is 0.0923. The molecule has 1 saturated heterocycles. The summed E-state index contributed by atoms with van der Waals surface area (Å²) < 4.78 is 5.34. The highest BCUT2D eigenvalue weighted by Gasteiger charge is 2.12. The van der Waals surface area contributed by atoms with E-state index in [-0.39, 0.29) is 5.57 Å². The van der Waals surface area contributed by atoms with E-state index in [9.17, 15) is 10.1 Å². The molecule has 0 saturated carbocycles. The fraction of sp³-hybridized carbons (Fsp3) is 0.222. The third kappa shape index (κ3) is 4.02. The van der Waals surface area contributed by atoms with Gasteiger partial charge in [0.25, 0.3) is 5.91 Å². The van der Waals surface area contributed by atoms with E-state index in [0.717, 1.165) is 36.9 Å². The van der Waals surface area contributed by atoms with Crippen molar-refractivity contribution in [2.75, 3.05) is 36.5 Å². The SMILES string of the molecule is N#C/C(=C\c1cccs1)C(=O)Nc1ccc(N2CCOCC2)cc1. The molecule has 5 nitrogen and oxygen atoms in total. The molecule has 0 unspecified atom stereocenters. The van der Waals surface area contributed by atoms with Crippen molar-refractivity contribution in [2.24, 2.45) is 0 Å². The molecule has 1 N–H and O–H groups in total. The molecule has 2 heterocycles. The molecule has 0 spiro atoms. The van der Waals surface area contributed by atoms with Gasteiger partial charge in [-0.1, -0.05) is 6.07 Å². The first-order chi connectivity index (χ1) is 11.8. The van der Waals surface area contributed by atoms with Crippen LogP contribution in [0.2, 0.25) is 0 Å². The number of hydrogen-bond donors (Lipinski definition) is 1. The van der Waals surface area contributed by atoms with Crippen molar-refractivity contribution in [1.82, 2.24) is 0 Å². The zero-order chi connectivity index (χ0) is 16.8. The summed E-state index contributed by atoms with van der Waals surface area (Å²) in [5.74, 6) is -0.398. The van der Waals surface area contributed by atoms with Gasteiger partial charge in [-0.2, -0.15) is 5.26 Å². The summed E-state index contributed by atoms with van der Waals surface area (Å²) in [4.78, 5) is 15.4. The number of anilines is 2. The van der Waals surface area contributed by atoms with Crippen LogP contribution in [0.5, 0.6) is 0 Å². The van der Waals surface area contributed by atoms with Gasteiger partial charge >= 0.3 is 0 Å². The number of thiophene rings is 1. The normalized spacial score (nSPS) is 15.0. The van der Waals surface area contributed by atoms with Crippen LogP contribution in [0.15, 0.2) is 47.4 Å². The molecule has 1 aliphatic rings. The molecule has 3 rings (SSSR count). The molecule has 1 fully saturated rings. The highest BCUT2D eigenvalue weighted by atomic mass is 32.1. The van der Waals surface area contributed by atoms with E-state index in [1.165, 1.54) is 11.3 Å². The summed E-state index contributed by atoms with van der Waals surface area (Å²) in [6.07, 6.45) is 1.60. The van der Waals surface area contributed by atoms with Gasteiger partial charge < -0.3 is 15.0 Å². The molecule has 24 heavy (non-hydrogen) atoms. The number of carbonyl (C=O) groups excluding carboxylic acids is 1. The van der Waals surface area contributed by atoms with Gasteiger partial charge in [-0.3, -0.25) is 4.79 Å². The zero-order valence-electron chi connectivity index (χ0n) is 13.1. The van der Waals surface area contributed by atoms with Crippen molar-refractivity contribution in [3.63, 3.8) is 0 Å². The second-order valence-electron chi connectivity index (χ2n) is 5.29. The first-order valence-electron chi connectivity index (χ1n) is 7.66. The number of nitrogens with zero attached hydrogens (tertiary/aromatic N) is 2. The van der Waals surface area contributed by atoms with Gasteiger partial charge in [0.2, 0.25) is 0 Å². The van der Waals surface area contributed by atoms with E-state index in [0.29, 0.717) is 5.69 Å². The van der Waals surface area contributed by atoms with E-state index in [1.807, 2.05) is 47.8 Å². The quantitative estimate of drug-likeness (QED) is 0.686. The van der Waals surface area contributed by atoms with Crippen LogP contribution in [0.25, 0.3) is 6.08 Å². The van der Waals surface area contributed by atoms with E-state index < -0.39 is 5.91 Å². The van der Waals surface area contributed by atoms with E-state index in [2.05, 4.69) is 10.2 Å². The highest BCUT2D eigenvalue weighted by Crippen LogP contribution is 2.20. The Bertz CT molecular complexity index is 755. The zero-order valence-corrected chi connectivity index (χ0v) is 13.9. The Balaban J connectivity index is 1.66. The standard InChI is InChI=1S/C18H17N3O2S/c19-13-14(12-17-2-1-11-24-17)18(22)20-15-3-5-16(6-4-15)21-7-9-23-10-8-21/h1-6,11-12H,7-10H2,(H,20,22)/b14-12+. The Kier molecular flexibility index (Phi) is 5.26. The summed E-state index contributed by atoms with van der Waals surface area (Å²) >= 11 is 1.48. The van der Waals surface area contributed by atoms with Crippen molar-refractivity contribution in [2.45, 2.75) is 0 Å². The van der Waals surface area contributed by atoms with Crippen molar-refractivity contribution in [1.29, 1.82) is 5.26 Å². The first kappa shape index (κ1) is 16.2. The van der Waals surface area contributed by atoms with Crippen molar-refractivity contribution in [3.05, 3.63) is 52.2 Å². The summed E-state index contributed by atoms with van der Waals surface area (Å²) in [6, 6.07) is 13.3. The monoisotopic (exact) mass is 339 g/mol. The van der Waals surface area contributed by atoms with Crippen molar-refractivity contribution < 1.29 is 9.53 Å². The first-order valence-corrected chi connectivity index (χ1v) is 8.53. The van der Waals surface area contributed by atoms with E-state index in [4.69, 9.17) is 4.74 Å². The number of ether oxygens (including phenoxy) is 1. The number of carbonyl (C=O) groups is 1. The lowest BCUT2D eigenvalue weighted by molar-refractivity contribution is -0.112. The Morgan fingerprint density at radius 3 is 2.62 bits per heavy atom. The Labute approximate surface area is 144 Å². The molecular weight excluding hydrogens is 322 g/mol. The molecule has 6 heteroatoms. The summed E-state index contributed by atoms with van der Waals surface area (Å²) in [6.45, 7) is 3.21. The molecule has 1 amide bonds. The van der Waals surface area contributed by atoms with Crippen LogP contribution in [0.1, 0.15) is 4.88 Å². The van der Waals surface area contributed by atoms with Crippen LogP contribution in [0, 0.1) is 11.3 Å². The predicted octanol–water partition coefficient (Wildman–Crippen LogP) is 3.13. The van der Waals surface area contributed by atoms with Crippen LogP contribution in [-0.4, -0.2) is 32.2 Å². The Morgan fingerprint density at radius 1 is 1.25 bits per heavy atom. The van der Waals surface area contributed by atoms with Gasteiger partial charge in [-0.25, -0.2) is 0 Å². The molecule has 0 bridgehead atoms. The highest BCUT2D eigenvalue weighted by molar-refractivity contribution is 7.10. The second kappa shape index (κ2) is 7.77. The summed E-state index contributed by atoms with van der Waals surface area (Å²) in [7, 11) is 0. The average molecular weight is 339 g/mol. The maximum Gasteiger partial charge on any atom is 0.266 e. The molecule has 0 atom stereocenters. The van der Waals surface area contributed by atoms with Crippen molar-refractivity contribution >= 4 is 34.7 Å². The predicted molar refractivity (Wildman–Crippen MR) is 96.0 cm³/mol. The van der Waals surface area contributed by atoms with Crippen molar-refractivity contribution in [3.8, 4) is 6.07 Å². The average Bonchev–Trinajstić information content (AvgIpc) is 3.14. The van der Waals surface area contributed by atoms with Crippen LogP contribution >= 0.6 is 11.3 Å². The fourth-order valence-electron chi connectivity index (χ4n) is 2.44. The van der Waals surface area contributed by atoms with Gasteiger partial charge in [0.15, 0.2) is 0 Å². The van der Waals surface area contributed by atoms with Gasteiger partial charge in [-0.15, -0.1) is 11.3 Å². The van der Waals surface area contributed by atoms with Gasteiger partial charge in [0.1, 0.15) is 11.6 Å². The minimum Gasteiger partial charge on any atom is -0.378 e. The third-order valence-corrected chi connectivity index (χ3v) is 4.52. The second-order valence-corrected chi connectivity index (χ2v) is 6.26.